The molecule has 1 aromatic heterocycles. The minimum absolute atomic E-state index is 0.136. The van der Waals surface area contributed by atoms with Crippen molar-refractivity contribution in [2.45, 2.75) is 44.6 Å². The predicted molar refractivity (Wildman–Crippen MR) is 81.3 cm³/mol. The van der Waals surface area contributed by atoms with Crippen molar-refractivity contribution >= 4 is 28.3 Å². The van der Waals surface area contributed by atoms with Crippen molar-refractivity contribution in [2.24, 2.45) is 0 Å². The molecule has 0 bridgehead atoms. The number of aryl methyl sites for hydroxylation is 1. The molecular weight excluding hydrogens is 290 g/mol. The van der Waals surface area contributed by atoms with Crippen molar-refractivity contribution in [2.75, 3.05) is 19.0 Å². The van der Waals surface area contributed by atoms with E-state index in [0.29, 0.717) is 25.3 Å². The second-order valence-corrected chi connectivity index (χ2v) is 5.95. The van der Waals surface area contributed by atoms with Gasteiger partial charge >= 0.3 is 5.97 Å². The molecule has 1 aliphatic carbocycles. The van der Waals surface area contributed by atoms with Crippen molar-refractivity contribution in [3.63, 3.8) is 0 Å². The third-order valence-corrected chi connectivity index (χ3v) is 4.01. The Balaban J connectivity index is 1.58. The molecule has 2 rings (SSSR count). The number of amides is 1. The number of nitrogens with one attached hydrogen (secondary N) is 2. The number of thiazole rings is 1. The van der Waals surface area contributed by atoms with Crippen LogP contribution in [-0.2, 0) is 20.7 Å². The molecule has 2 N–H and O–H groups in total. The summed E-state index contributed by atoms with van der Waals surface area (Å²) in [6, 6.07) is 0.432. The van der Waals surface area contributed by atoms with Gasteiger partial charge in [0.1, 0.15) is 0 Å². The summed E-state index contributed by atoms with van der Waals surface area (Å²) in [6.45, 7) is 0.724. The smallest absolute Gasteiger partial charge is 0.305 e. The number of aromatic nitrogens is 1. The zero-order valence-electron chi connectivity index (χ0n) is 12.2. The lowest BCUT2D eigenvalue weighted by Crippen LogP contribution is -2.25. The van der Waals surface area contributed by atoms with Crippen LogP contribution in [0.5, 0.6) is 0 Å². The molecule has 1 heterocycles. The van der Waals surface area contributed by atoms with Gasteiger partial charge in [0.15, 0.2) is 5.13 Å². The Morgan fingerprint density at radius 2 is 2.24 bits per heavy atom. The number of carbonyl (C=O) groups excluding carboxylic acids is 2. The van der Waals surface area contributed by atoms with Gasteiger partial charge < -0.3 is 15.4 Å². The van der Waals surface area contributed by atoms with Gasteiger partial charge in [0, 0.05) is 30.8 Å². The molecule has 1 amide bonds. The minimum atomic E-state index is -0.223. The van der Waals surface area contributed by atoms with Crippen LogP contribution < -0.4 is 10.6 Å². The lowest BCUT2D eigenvalue weighted by atomic mass is 10.2. The van der Waals surface area contributed by atoms with Crippen LogP contribution in [0.1, 0.15) is 37.8 Å². The van der Waals surface area contributed by atoms with Gasteiger partial charge in [-0.05, 0) is 19.3 Å². The summed E-state index contributed by atoms with van der Waals surface area (Å²) in [7, 11) is 1.38. The van der Waals surface area contributed by atoms with Crippen LogP contribution in [0.3, 0.4) is 0 Å². The zero-order valence-corrected chi connectivity index (χ0v) is 13.0. The Bertz CT molecular complexity index is 486. The van der Waals surface area contributed by atoms with Crippen LogP contribution in [0.2, 0.25) is 0 Å². The van der Waals surface area contributed by atoms with E-state index in [9.17, 15) is 9.59 Å². The Labute approximate surface area is 128 Å². The average molecular weight is 311 g/mol. The molecule has 1 saturated carbocycles. The van der Waals surface area contributed by atoms with E-state index < -0.39 is 0 Å². The van der Waals surface area contributed by atoms with Crippen molar-refractivity contribution in [3.8, 4) is 0 Å². The van der Waals surface area contributed by atoms with Gasteiger partial charge in [0.05, 0.1) is 19.2 Å². The number of nitrogens with zero attached hydrogens (tertiary/aromatic N) is 1. The maximum atomic E-state index is 11.5. The van der Waals surface area contributed by atoms with Gasteiger partial charge in [-0.1, -0.05) is 0 Å². The molecule has 0 aromatic carbocycles. The molecule has 0 aliphatic heterocycles. The number of hydrogen-bond donors (Lipinski definition) is 2. The number of anilines is 1. The molecule has 116 valence electrons. The van der Waals surface area contributed by atoms with E-state index in [-0.39, 0.29) is 11.9 Å². The van der Waals surface area contributed by atoms with Gasteiger partial charge in [-0.15, -0.1) is 11.3 Å². The van der Waals surface area contributed by atoms with Crippen LogP contribution in [-0.4, -0.2) is 36.6 Å². The normalized spacial score (nSPS) is 13.8. The highest BCUT2D eigenvalue weighted by Crippen LogP contribution is 2.19. The maximum Gasteiger partial charge on any atom is 0.305 e. The highest BCUT2D eigenvalue weighted by Gasteiger charge is 2.22. The van der Waals surface area contributed by atoms with Crippen LogP contribution >= 0.6 is 11.3 Å². The van der Waals surface area contributed by atoms with Gasteiger partial charge in [-0.2, -0.15) is 0 Å². The fraction of sp³-hybridized carbons (Fsp3) is 0.643. The average Bonchev–Trinajstić information content (AvgIpc) is 3.17. The standard InChI is InChI=1S/C14H21N3O3S/c1-20-13(19)7-6-11-9-21-14(17-11)15-8-2-3-12(18)16-10-4-5-10/h9-10H,2-8H2,1H3,(H,15,17)(H,16,18). The Kier molecular flexibility index (Phi) is 5.98. The van der Waals surface area contributed by atoms with Crippen molar-refractivity contribution < 1.29 is 14.3 Å². The van der Waals surface area contributed by atoms with Crippen LogP contribution in [0.15, 0.2) is 5.38 Å². The predicted octanol–water partition coefficient (Wildman–Crippen LogP) is 1.72. The van der Waals surface area contributed by atoms with Gasteiger partial charge in [0.25, 0.3) is 0 Å². The SMILES string of the molecule is COC(=O)CCc1csc(NCCCC(=O)NC2CC2)n1. The topological polar surface area (TPSA) is 80.3 Å². The first kappa shape index (κ1) is 15.8. The molecular formula is C14H21N3O3S. The second kappa shape index (κ2) is 7.97. The number of esters is 1. The summed E-state index contributed by atoms with van der Waals surface area (Å²) >= 11 is 1.51. The van der Waals surface area contributed by atoms with Crippen molar-refractivity contribution in [1.29, 1.82) is 0 Å². The van der Waals surface area contributed by atoms with Gasteiger partial charge in [-0.25, -0.2) is 4.98 Å². The first-order chi connectivity index (χ1) is 10.2. The number of carbonyl (C=O) groups is 2. The first-order valence-corrected chi connectivity index (χ1v) is 8.10. The van der Waals surface area contributed by atoms with E-state index in [4.69, 9.17) is 0 Å². The van der Waals surface area contributed by atoms with E-state index in [2.05, 4.69) is 20.4 Å². The van der Waals surface area contributed by atoms with Crippen molar-refractivity contribution in [3.05, 3.63) is 11.1 Å². The number of rotatable bonds is 9. The molecule has 1 aliphatic rings. The lowest BCUT2D eigenvalue weighted by Gasteiger charge is -2.04. The quantitative estimate of drug-likeness (QED) is 0.536. The lowest BCUT2D eigenvalue weighted by molar-refractivity contribution is -0.140. The molecule has 0 radical (unpaired) electrons. The van der Waals surface area contributed by atoms with E-state index in [1.165, 1.54) is 18.4 Å². The van der Waals surface area contributed by atoms with Gasteiger partial charge in [0.2, 0.25) is 5.91 Å². The van der Waals surface area contributed by atoms with Crippen LogP contribution in [0, 0.1) is 0 Å². The molecule has 0 atom stereocenters. The molecule has 1 aromatic rings. The second-order valence-electron chi connectivity index (χ2n) is 5.09. The van der Waals surface area contributed by atoms with E-state index in [0.717, 1.165) is 36.6 Å². The van der Waals surface area contributed by atoms with E-state index in [1.807, 2.05) is 5.38 Å². The third kappa shape index (κ3) is 6.12. The molecule has 0 saturated heterocycles. The maximum absolute atomic E-state index is 11.5. The monoisotopic (exact) mass is 311 g/mol. The largest absolute Gasteiger partial charge is 0.469 e. The number of hydrogen-bond acceptors (Lipinski definition) is 6. The van der Waals surface area contributed by atoms with Crippen molar-refractivity contribution in [1.82, 2.24) is 10.3 Å². The fourth-order valence-electron chi connectivity index (χ4n) is 1.81. The molecule has 21 heavy (non-hydrogen) atoms. The molecule has 1 fully saturated rings. The summed E-state index contributed by atoms with van der Waals surface area (Å²) in [5.41, 5.74) is 0.888. The molecule has 0 unspecified atom stereocenters. The highest BCUT2D eigenvalue weighted by molar-refractivity contribution is 7.13. The summed E-state index contributed by atoms with van der Waals surface area (Å²) in [5, 5.41) is 8.93. The van der Waals surface area contributed by atoms with E-state index in [1.54, 1.807) is 0 Å². The van der Waals surface area contributed by atoms with Crippen LogP contribution in [0.4, 0.5) is 5.13 Å². The van der Waals surface area contributed by atoms with Crippen LogP contribution in [0.25, 0.3) is 0 Å². The minimum Gasteiger partial charge on any atom is -0.469 e. The Morgan fingerprint density at radius 3 is 2.95 bits per heavy atom. The van der Waals surface area contributed by atoms with E-state index >= 15 is 0 Å². The summed E-state index contributed by atoms with van der Waals surface area (Å²) in [4.78, 5) is 26.9. The first-order valence-electron chi connectivity index (χ1n) is 7.22. The fourth-order valence-corrected chi connectivity index (χ4v) is 2.58. The Morgan fingerprint density at radius 1 is 1.43 bits per heavy atom. The highest BCUT2D eigenvalue weighted by atomic mass is 32.1. The molecule has 7 heteroatoms. The third-order valence-electron chi connectivity index (χ3n) is 3.16. The van der Waals surface area contributed by atoms with Gasteiger partial charge in [-0.3, -0.25) is 9.59 Å². The Hall–Kier alpha value is -1.63. The summed E-state index contributed by atoms with van der Waals surface area (Å²) in [5.74, 6) is -0.0867. The molecule has 0 spiro atoms. The summed E-state index contributed by atoms with van der Waals surface area (Å²) in [6.07, 6.45) is 4.52. The molecule has 6 nitrogen and oxygen atoms in total. The number of methoxy groups -OCH3 is 1. The summed E-state index contributed by atoms with van der Waals surface area (Å²) < 4.78 is 4.60. The zero-order chi connectivity index (χ0) is 15.1. The number of ether oxygens (including phenoxy) is 1.